The number of hydrogen-bond acceptors (Lipinski definition) is 5. The van der Waals surface area contributed by atoms with E-state index in [4.69, 9.17) is 0 Å². The molecule has 1 aliphatic rings. The number of carbonyl (C=O) groups is 1. The molecule has 1 amide bonds. The van der Waals surface area contributed by atoms with Crippen LogP contribution in [0.1, 0.15) is 23.1 Å². The molecule has 0 atom stereocenters. The molecule has 7 nitrogen and oxygen atoms in total. The molecule has 0 saturated heterocycles. The molecule has 4 rings (SSSR count). The smallest absolute Gasteiger partial charge is 0.230 e. The van der Waals surface area contributed by atoms with Gasteiger partial charge in [-0.3, -0.25) is 4.79 Å². The quantitative estimate of drug-likeness (QED) is 0.683. The van der Waals surface area contributed by atoms with Crippen LogP contribution < -0.4 is 5.32 Å². The number of para-hydroxylation sites is 1. The first-order valence-electron chi connectivity index (χ1n) is 8.77. The topological polar surface area (TPSA) is 95.2 Å². The van der Waals surface area contributed by atoms with Gasteiger partial charge < -0.3 is 10.3 Å². The average molecular weight is 405 g/mol. The predicted molar refractivity (Wildman–Crippen MR) is 106 cm³/mol. The van der Waals surface area contributed by atoms with Crippen molar-refractivity contribution in [3.05, 3.63) is 46.6 Å². The monoisotopic (exact) mass is 404 g/mol. The molecule has 0 bridgehead atoms. The molecule has 2 aromatic heterocycles. The van der Waals surface area contributed by atoms with Crippen molar-refractivity contribution >= 4 is 43.3 Å². The zero-order valence-electron chi connectivity index (χ0n) is 14.9. The van der Waals surface area contributed by atoms with Gasteiger partial charge in [-0.2, -0.15) is 4.31 Å². The lowest BCUT2D eigenvalue weighted by Crippen LogP contribution is -2.36. The molecule has 3 heterocycles. The lowest BCUT2D eigenvalue weighted by molar-refractivity contribution is -0.115. The van der Waals surface area contributed by atoms with Crippen molar-refractivity contribution in [2.45, 2.75) is 26.3 Å². The summed E-state index contributed by atoms with van der Waals surface area (Å²) in [6, 6.07) is 7.86. The number of amides is 1. The average Bonchev–Trinajstić information content (AvgIpc) is 3.24. The summed E-state index contributed by atoms with van der Waals surface area (Å²) in [7, 11) is -3.21. The number of sulfonamides is 1. The molecule has 0 saturated carbocycles. The summed E-state index contributed by atoms with van der Waals surface area (Å²) >= 11 is 1.35. The zero-order valence-corrected chi connectivity index (χ0v) is 16.5. The van der Waals surface area contributed by atoms with E-state index in [0.29, 0.717) is 24.6 Å². The number of benzene rings is 1. The second kappa shape index (κ2) is 7.06. The van der Waals surface area contributed by atoms with Gasteiger partial charge in [-0.25, -0.2) is 13.4 Å². The van der Waals surface area contributed by atoms with Crippen LogP contribution in [0.2, 0.25) is 0 Å². The van der Waals surface area contributed by atoms with E-state index in [1.165, 1.54) is 15.6 Å². The number of hydrogen-bond donors (Lipinski definition) is 2. The Hall–Kier alpha value is -2.23. The maximum atomic E-state index is 12.4. The minimum Gasteiger partial charge on any atom is -0.361 e. The SMILES string of the molecule is CCS(=O)(=O)N1CCc2nc(NC(=O)Cc3c[nH]c4ccccc34)sc2C1. The van der Waals surface area contributed by atoms with Crippen LogP contribution in [0.5, 0.6) is 0 Å². The van der Waals surface area contributed by atoms with Gasteiger partial charge in [0.25, 0.3) is 0 Å². The minimum absolute atomic E-state index is 0.0926. The standard InChI is InChI=1S/C18H20N4O3S2/c1-2-27(24,25)22-8-7-15-16(11-22)26-18(20-15)21-17(23)9-12-10-19-14-6-4-3-5-13(12)14/h3-6,10,19H,2,7-9,11H2,1H3,(H,20,21,23). The maximum Gasteiger partial charge on any atom is 0.230 e. The second-order valence-electron chi connectivity index (χ2n) is 6.46. The molecular formula is C18H20N4O3S2. The first-order chi connectivity index (χ1) is 13.0. The summed E-state index contributed by atoms with van der Waals surface area (Å²) < 4.78 is 25.6. The van der Waals surface area contributed by atoms with Crippen molar-refractivity contribution < 1.29 is 13.2 Å². The number of rotatable bonds is 5. The Kier molecular flexibility index (Phi) is 4.75. The van der Waals surface area contributed by atoms with Crippen LogP contribution in [0, 0.1) is 0 Å². The van der Waals surface area contributed by atoms with Crippen LogP contribution in [-0.4, -0.2) is 40.9 Å². The number of carbonyl (C=O) groups excluding carboxylic acids is 1. The second-order valence-corrected chi connectivity index (χ2v) is 9.80. The Bertz CT molecular complexity index is 1100. The highest BCUT2D eigenvalue weighted by Gasteiger charge is 2.28. The van der Waals surface area contributed by atoms with Crippen LogP contribution >= 0.6 is 11.3 Å². The molecule has 0 radical (unpaired) electrons. The van der Waals surface area contributed by atoms with Gasteiger partial charge in [-0.1, -0.05) is 18.2 Å². The van der Waals surface area contributed by atoms with Crippen LogP contribution in [0.15, 0.2) is 30.5 Å². The van der Waals surface area contributed by atoms with E-state index in [1.54, 1.807) is 6.92 Å². The third-order valence-corrected chi connectivity index (χ3v) is 7.55. The Morgan fingerprint density at radius 3 is 3.00 bits per heavy atom. The zero-order chi connectivity index (χ0) is 19.0. The highest BCUT2D eigenvalue weighted by Crippen LogP contribution is 2.29. The number of anilines is 1. The fourth-order valence-corrected chi connectivity index (χ4v) is 5.44. The van der Waals surface area contributed by atoms with Crippen molar-refractivity contribution in [1.82, 2.24) is 14.3 Å². The highest BCUT2D eigenvalue weighted by molar-refractivity contribution is 7.89. The minimum atomic E-state index is -3.21. The number of thiazole rings is 1. The van der Waals surface area contributed by atoms with Gasteiger partial charge in [0.1, 0.15) is 0 Å². The first kappa shape index (κ1) is 18.1. The van der Waals surface area contributed by atoms with Crippen LogP contribution in [0.3, 0.4) is 0 Å². The molecule has 1 aromatic carbocycles. The van der Waals surface area contributed by atoms with Gasteiger partial charge in [0.05, 0.1) is 17.9 Å². The molecule has 2 N–H and O–H groups in total. The lowest BCUT2D eigenvalue weighted by Gasteiger charge is -2.24. The molecular weight excluding hydrogens is 384 g/mol. The number of nitrogens with one attached hydrogen (secondary N) is 2. The summed E-state index contributed by atoms with van der Waals surface area (Å²) in [4.78, 5) is 21.0. The van der Waals surface area contributed by atoms with Gasteiger partial charge in [0, 0.05) is 41.5 Å². The molecule has 0 spiro atoms. The third-order valence-electron chi connectivity index (χ3n) is 4.73. The summed E-state index contributed by atoms with van der Waals surface area (Å²) in [5.41, 5.74) is 2.82. The van der Waals surface area contributed by atoms with Crippen LogP contribution in [-0.2, 0) is 34.2 Å². The maximum absolute atomic E-state index is 12.4. The predicted octanol–water partition coefficient (Wildman–Crippen LogP) is 2.51. The molecule has 9 heteroatoms. The molecule has 27 heavy (non-hydrogen) atoms. The van der Waals surface area contributed by atoms with Gasteiger partial charge in [-0.15, -0.1) is 11.3 Å². The Labute approximate surface area is 161 Å². The van der Waals surface area contributed by atoms with Crippen LogP contribution in [0.4, 0.5) is 5.13 Å². The fourth-order valence-electron chi connectivity index (χ4n) is 3.26. The third kappa shape index (κ3) is 3.62. The van der Waals surface area contributed by atoms with Crippen molar-refractivity contribution in [3.8, 4) is 0 Å². The molecule has 0 aliphatic carbocycles. The van der Waals surface area contributed by atoms with Gasteiger partial charge >= 0.3 is 0 Å². The summed E-state index contributed by atoms with van der Waals surface area (Å²) in [6.07, 6.45) is 2.68. The van der Waals surface area contributed by atoms with E-state index in [0.717, 1.165) is 27.0 Å². The summed E-state index contributed by atoms with van der Waals surface area (Å²) in [5.74, 6) is -0.0427. The largest absolute Gasteiger partial charge is 0.361 e. The molecule has 0 unspecified atom stereocenters. The van der Waals surface area contributed by atoms with Crippen molar-refractivity contribution in [2.75, 3.05) is 17.6 Å². The first-order valence-corrected chi connectivity index (χ1v) is 11.2. The Balaban J connectivity index is 1.46. The molecule has 1 aliphatic heterocycles. The van der Waals surface area contributed by atoms with Gasteiger partial charge in [-0.05, 0) is 18.6 Å². The van der Waals surface area contributed by atoms with Crippen molar-refractivity contribution in [2.24, 2.45) is 0 Å². The summed E-state index contributed by atoms with van der Waals surface area (Å²) in [5, 5.41) is 4.42. The number of aromatic nitrogens is 2. The van der Waals surface area contributed by atoms with E-state index in [2.05, 4.69) is 15.3 Å². The van der Waals surface area contributed by atoms with Gasteiger partial charge in [0.15, 0.2) is 5.13 Å². The highest BCUT2D eigenvalue weighted by atomic mass is 32.2. The fraction of sp³-hybridized carbons (Fsp3) is 0.333. The van der Waals surface area contributed by atoms with E-state index < -0.39 is 10.0 Å². The van der Waals surface area contributed by atoms with Gasteiger partial charge in [0.2, 0.25) is 15.9 Å². The van der Waals surface area contributed by atoms with E-state index in [1.807, 2.05) is 30.5 Å². The molecule has 142 valence electrons. The van der Waals surface area contributed by atoms with Crippen LogP contribution in [0.25, 0.3) is 10.9 Å². The number of nitrogens with zero attached hydrogens (tertiary/aromatic N) is 2. The van der Waals surface area contributed by atoms with Crippen molar-refractivity contribution in [3.63, 3.8) is 0 Å². The van der Waals surface area contributed by atoms with Crippen molar-refractivity contribution in [1.29, 1.82) is 0 Å². The Morgan fingerprint density at radius 2 is 2.19 bits per heavy atom. The number of aromatic amines is 1. The molecule has 3 aromatic rings. The number of H-pyrrole nitrogens is 1. The normalized spacial score (nSPS) is 15.0. The lowest BCUT2D eigenvalue weighted by atomic mass is 10.1. The molecule has 0 fully saturated rings. The van der Waals surface area contributed by atoms with E-state index in [9.17, 15) is 13.2 Å². The Morgan fingerprint density at radius 1 is 1.37 bits per heavy atom. The number of fused-ring (bicyclic) bond motifs is 2. The summed E-state index contributed by atoms with van der Waals surface area (Å²) in [6.45, 7) is 2.42. The van der Waals surface area contributed by atoms with E-state index >= 15 is 0 Å². The van der Waals surface area contributed by atoms with E-state index in [-0.39, 0.29) is 18.1 Å².